The predicted octanol–water partition coefficient (Wildman–Crippen LogP) is 3.02. The number of allylic oxidation sites excluding steroid dienone is 4. The van der Waals surface area contributed by atoms with Crippen LogP contribution < -0.4 is 0 Å². The van der Waals surface area contributed by atoms with Crippen LogP contribution >= 0.6 is 0 Å². The van der Waals surface area contributed by atoms with E-state index in [1.165, 1.54) is 31.3 Å². The first-order chi connectivity index (χ1) is 5.84. The molecule has 0 aromatic rings. The molecule has 12 heavy (non-hydrogen) atoms. The lowest BCUT2D eigenvalue weighted by Gasteiger charge is -2.15. The Balaban J connectivity index is 2.48. The van der Waals surface area contributed by atoms with E-state index in [0.717, 1.165) is 12.7 Å². The Kier molecular flexibility index (Phi) is 3.78. The highest BCUT2D eigenvalue weighted by Gasteiger charge is 2.06. The third-order valence-electron chi connectivity index (χ3n) is 2.46. The second-order valence-electron chi connectivity index (χ2n) is 3.36. The van der Waals surface area contributed by atoms with Crippen LogP contribution in [-0.2, 0) is 4.79 Å². The maximum Gasteiger partial charge on any atom is 0.142 e. The lowest BCUT2D eigenvalue weighted by atomic mass is 9.91. The van der Waals surface area contributed by atoms with Gasteiger partial charge in [-0.15, -0.1) is 0 Å². The van der Waals surface area contributed by atoms with Crippen LogP contribution in [0.3, 0.4) is 0 Å². The molecule has 0 saturated heterocycles. The molecule has 0 bridgehead atoms. The van der Waals surface area contributed by atoms with Crippen molar-refractivity contribution in [3.8, 4) is 0 Å². The van der Waals surface area contributed by atoms with Gasteiger partial charge in [0.2, 0.25) is 0 Å². The van der Waals surface area contributed by atoms with E-state index < -0.39 is 0 Å². The molecule has 0 radical (unpaired) electrons. The molecular weight excluding hydrogens is 148 g/mol. The first-order valence-corrected chi connectivity index (χ1v) is 4.62. The molecule has 0 aromatic heterocycles. The van der Waals surface area contributed by atoms with Gasteiger partial charge < -0.3 is 0 Å². The molecule has 0 saturated carbocycles. The molecule has 1 aliphatic rings. The summed E-state index contributed by atoms with van der Waals surface area (Å²) >= 11 is 0. The van der Waals surface area contributed by atoms with Gasteiger partial charge in [-0.2, -0.15) is 0 Å². The molecule has 0 aliphatic heterocycles. The summed E-state index contributed by atoms with van der Waals surface area (Å²) in [7, 11) is 0. The summed E-state index contributed by atoms with van der Waals surface area (Å²) < 4.78 is 0. The number of aldehydes is 1. The Morgan fingerprint density at radius 1 is 1.33 bits per heavy atom. The molecule has 66 valence electrons. The van der Waals surface area contributed by atoms with Gasteiger partial charge in [0.15, 0.2) is 0 Å². The zero-order chi connectivity index (χ0) is 8.81. The average molecular weight is 164 g/mol. The third-order valence-corrected chi connectivity index (χ3v) is 2.46. The van der Waals surface area contributed by atoms with Crippen molar-refractivity contribution < 1.29 is 4.79 Å². The fourth-order valence-electron chi connectivity index (χ4n) is 1.66. The fourth-order valence-corrected chi connectivity index (χ4v) is 1.66. The molecular formula is C11H16O. The van der Waals surface area contributed by atoms with E-state index in [0.29, 0.717) is 0 Å². The lowest BCUT2D eigenvalue weighted by molar-refractivity contribution is -0.104. The van der Waals surface area contributed by atoms with Crippen LogP contribution in [0.2, 0.25) is 0 Å². The first kappa shape index (κ1) is 9.24. The standard InChI is InChI=1S/C11H16O/c1-10-6-2-3-7-11(10)8-4-5-9-12/h4-5,9H,2-3,6-8H2,1H3. The Labute approximate surface area is 74.2 Å². The Hall–Kier alpha value is -0.850. The maximum absolute atomic E-state index is 10.0. The predicted molar refractivity (Wildman–Crippen MR) is 51.0 cm³/mol. The van der Waals surface area contributed by atoms with Gasteiger partial charge in [0.25, 0.3) is 0 Å². The molecule has 1 nitrogen and oxygen atoms in total. The summed E-state index contributed by atoms with van der Waals surface area (Å²) in [5, 5.41) is 0. The molecule has 0 atom stereocenters. The molecule has 0 N–H and O–H groups in total. The third kappa shape index (κ3) is 2.65. The first-order valence-electron chi connectivity index (χ1n) is 4.62. The van der Waals surface area contributed by atoms with Crippen molar-refractivity contribution >= 4 is 6.29 Å². The maximum atomic E-state index is 10.0. The van der Waals surface area contributed by atoms with Gasteiger partial charge in [0.1, 0.15) is 6.29 Å². The molecule has 0 aromatic carbocycles. The average Bonchev–Trinajstić information content (AvgIpc) is 2.09. The quantitative estimate of drug-likeness (QED) is 0.356. The second-order valence-corrected chi connectivity index (χ2v) is 3.36. The van der Waals surface area contributed by atoms with Gasteiger partial charge >= 0.3 is 0 Å². The minimum atomic E-state index is 0.846. The summed E-state index contributed by atoms with van der Waals surface area (Å²) in [5.74, 6) is 0. The van der Waals surface area contributed by atoms with Gasteiger partial charge in [-0.1, -0.05) is 17.2 Å². The van der Waals surface area contributed by atoms with Crippen molar-refractivity contribution in [1.82, 2.24) is 0 Å². The van der Waals surface area contributed by atoms with Gasteiger partial charge in [0.05, 0.1) is 0 Å². The highest BCUT2D eigenvalue weighted by Crippen LogP contribution is 2.26. The van der Waals surface area contributed by atoms with Crippen molar-refractivity contribution in [3.63, 3.8) is 0 Å². The summed E-state index contributed by atoms with van der Waals surface area (Å²) in [5.41, 5.74) is 3.08. The van der Waals surface area contributed by atoms with Gasteiger partial charge in [-0.3, -0.25) is 4.79 Å². The number of hydrogen-bond donors (Lipinski definition) is 0. The van der Waals surface area contributed by atoms with Gasteiger partial charge in [-0.05, 0) is 45.1 Å². The highest BCUT2D eigenvalue weighted by molar-refractivity contribution is 5.64. The monoisotopic (exact) mass is 164 g/mol. The van der Waals surface area contributed by atoms with Crippen LogP contribution in [0, 0.1) is 0 Å². The van der Waals surface area contributed by atoms with E-state index in [1.807, 2.05) is 6.08 Å². The second kappa shape index (κ2) is 4.91. The zero-order valence-electron chi connectivity index (χ0n) is 7.68. The van der Waals surface area contributed by atoms with E-state index in [4.69, 9.17) is 0 Å². The summed E-state index contributed by atoms with van der Waals surface area (Å²) in [6, 6.07) is 0. The molecule has 1 heteroatoms. The molecule has 0 amide bonds. The SMILES string of the molecule is CC1=C(CC=CC=O)CCCC1. The van der Waals surface area contributed by atoms with Crippen molar-refractivity contribution in [2.24, 2.45) is 0 Å². The van der Waals surface area contributed by atoms with E-state index in [9.17, 15) is 4.79 Å². The molecule has 0 unspecified atom stereocenters. The van der Waals surface area contributed by atoms with E-state index >= 15 is 0 Å². The van der Waals surface area contributed by atoms with Gasteiger partial charge in [0, 0.05) is 0 Å². The number of carbonyl (C=O) groups excluding carboxylic acids is 1. The molecule has 0 fully saturated rings. The molecule has 0 heterocycles. The van der Waals surface area contributed by atoms with E-state index in [-0.39, 0.29) is 0 Å². The van der Waals surface area contributed by atoms with Gasteiger partial charge in [-0.25, -0.2) is 0 Å². The Bertz CT molecular complexity index is 211. The zero-order valence-corrected chi connectivity index (χ0v) is 7.68. The topological polar surface area (TPSA) is 17.1 Å². The molecule has 1 rings (SSSR count). The van der Waals surface area contributed by atoms with Crippen LogP contribution in [0.25, 0.3) is 0 Å². The van der Waals surface area contributed by atoms with Crippen molar-refractivity contribution in [2.75, 3.05) is 0 Å². The van der Waals surface area contributed by atoms with E-state index in [1.54, 1.807) is 11.6 Å². The number of carbonyl (C=O) groups is 1. The van der Waals surface area contributed by atoms with Crippen LogP contribution in [0.4, 0.5) is 0 Å². The minimum absolute atomic E-state index is 0.846. The molecule has 1 aliphatic carbocycles. The largest absolute Gasteiger partial charge is 0.299 e. The summed E-state index contributed by atoms with van der Waals surface area (Å²) in [6.45, 7) is 2.21. The van der Waals surface area contributed by atoms with Crippen LogP contribution in [0.1, 0.15) is 39.0 Å². The number of rotatable bonds is 3. The summed E-state index contributed by atoms with van der Waals surface area (Å²) in [6.07, 6.45) is 10.5. The van der Waals surface area contributed by atoms with Crippen LogP contribution in [-0.4, -0.2) is 6.29 Å². The normalized spacial score (nSPS) is 18.8. The lowest BCUT2D eigenvalue weighted by Crippen LogP contribution is -1.96. The van der Waals surface area contributed by atoms with Crippen LogP contribution in [0.5, 0.6) is 0 Å². The van der Waals surface area contributed by atoms with E-state index in [2.05, 4.69) is 6.92 Å². The molecule has 0 spiro atoms. The van der Waals surface area contributed by atoms with Crippen molar-refractivity contribution in [1.29, 1.82) is 0 Å². The minimum Gasteiger partial charge on any atom is -0.299 e. The van der Waals surface area contributed by atoms with Crippen LogP contribution in [0.15, 0.2) is 23.3 Å². The number of hydrogen-bond acceptors (Lipinski definition) is 1. The van der Waals surface area contributed by atoms with Crippen molar-refractivity contribution in [2.45, 2.75) is 39.0 Å². The highest BCUT2D eigenvalue weighted by atomic mass is 16.1. The Morgan fingerprint density at radius 3 is 2.75 bits per heavy atom. The smallest absolute Gasteiger partial charge is 0.142 e. The Morgan fingerprint density at radius 2 is 2.08 bits per heavy atom. The van der Waals surface area contributed by atoms with Crippen molar-refractivity contribution in [3.05, 3.63) is 23.3 Å². The summed E-state index contributed by atoms with van der Waals surface area (Å²) in [4.78, 5) is 10.0. The fraction of sp³-hybridized carbons (Fsp3) is 0.545.